The lowest BCUT2D eigenvalue weighted by atomic mass is 9.89. The van der Waals surface area contributed by atoms with Crippen LogP contribution in [0.4, 0.5) is 10.6 Å². The van der Waals surface area contributed by atoms with Crippen molar-refractivity contribution in [2.45, 2.75) is 65.1 Å². The van der Waals surface area contributed by atoms with Gasteiger partial charge in [-0.25, -0.2) is 14.8 Å². The van der Waals surface area contributed by atoms with E-state index >= 15 is 0 Å². The molecule has 6 rings (SSSR count). The average Bonchev–Trinajstić information content (AvgIpc) is 3.53. The van der Waals surface area contributed by atoms with Gasteiger partial charge in [0.1, 0.15) is 12.1 Å². The van der Waals surface area contributed by atoms with Gasteiger partial charge in [0.2, 0.25) is 5.88 Å². The van der Waals surface area contributed by atoms with Gasteiger partial charge < -0.3 is 4.74 Å². The van der Waals surface area contributed by atoms with Crippen molar-refractivity contribution in [2.75, 3.05) is 11.9 Å². The van der Waals surface area contributed by atoms with Gasteiger partial charge in [-0.05, 0) is 50.6 Å². The number of aromatic nitrogens is 5. The van der Waals surface area contributed by atoms with Crippen molar-refractivity contribution in [1.82, 2.24) is 29.2 Å². The van der Waals surface area contributed by atoms with Crippen LogP contribution in [-0.2, 0) is 24.9 Å². The lowest BCUT2D eigenvalue weighted by Crippen LogP contribution is -2.38. The number of hydrogen-bond donors (Lipinski definition) is 1. The topological polar surface area (TPSA) is 90.1 Å². The number of benzene rings is 1. The second kappa shape index (κ2) is 8.44. The van der Waals surface area contributed by atoms with Crippen LogP contribution in [-0.4, -0.2) is 47.8 Å². The zero-order valence-electron chi connectivity index (χ0n) is 21.2. The summed E-state index contributed by atoms with van der Waals surface area (Å²) in [7, 11) is 0. The van der Waals surface area contributed by atoms with Crippen LogP contribution in [0.2, 0.25) is 0 Å². The fourth-order valence-corrected chi connectivity index (χ4v) is 5.40. The van der Waals surface area contributed by atoms with Crippen molar-refractivity contribution in [3.05, 3.63) is 59.8 Å². The maximum atomic E-state index is 13.0. The van der Waals surface area contributed by atoms with Crippen molar-refractivity contribution >= 4 is 22.8 Å². The first-order chi connectivity index (χ1) is 17.3. The molecule has 2 aliphatic heterocycles. The van der Waals surface area contributed by atoms with E-state index in [2.05, 4.69) is 53.0 Å². The highest BCUT2D eigenvalue weighted by atomic mass is 16.5. The Morgan fingerprint density at radius 2 is 2.08 bits per heavy atom. The first-order valence-corrected chi connectivity index (χ1v) is 12.6. The second-order valence-corrected chi connectivity index (χ2v) is 10.4. The third kappa shape index (κ3) is 3.83. The summed E-state index contributed by atoms with van der Waals surface area (Å²) in [6, 6.07) is 9.77. The van der Waals surface area contributed by atoms with Gasteiger partial charge in [0.25, 0.3) is 0 Å². The number of carbonyl (C=O) groups excluding carboxylic acids is 1. The van der Waals surface area contributed by atoms with E-state index in [9.17, 15) is 4.79 Å². The summed E-state index contributed by atoms with van der Waals surface area (Å²) in [5.41, 5.74) is 4.12. The molecule has 0 aliphatic carbocycles. The number of ether oxygens (including phenoxy) is 1. The summed E-state index contributed by atoms with van der Waals surface area (Å²) in [6.07, 6.45) is 5.26. The van der Waals surface area contributed by atoms with Crippen LogP contribution in [0.25, 0.3) is 10.9 Å². The largest absolute Gasteiger partial charge is 0.439 e. The molecule has 1 unspecified atom stereocenters. The summed E-state index contributed by atoms with van der Waals surface area (Å²) in [5.74, 6) is 1.86. The van der Waals surface area contributed by atoms with Crippen molar-refractivity contribution in [1.29, 1.82) is 0 Å². The molecule has 1 aromatic carbocycles. The number of likely N-dealkylation sites (N-methyl/N-ethyl adjacent to an activating group) is 1. The Kier molecular flexibility index (Phi) is 5.33. The Morgan fingerprint density at radius 3 is 2.89 bits per heavy atom. The molecule has 186 valence electrons. The quantitative estimate of drug-likeness (QED) is 0.440. The Morgan fingerprint density at radius 1 is 1.22 bits per heavy atom. The minimum atomic E-state index is -0.243. The molecular weight excluding hydrogens is 454 g/mol. The molecule has 0 radical (unpaired) electrons. The highest BCUT2D eigenvalue weighted by Crippen LogP contribution is 2.35. The molecule has 0 fully saturated rings. The maximum absolute atomic E-state index is 13.0. The number of nitrogens with zero attached hydrogens (tertiary/aromatic N) is 6. The molecule has 0 saturated carbocycles. The molecular formula is C27H31N7O2. The Balaban J connectivity index is 1.22. The number of carbonyl (C=O) groups is 1. The summed E-state index contributed by atoms with van der Waals surface area (Å²) >= 11 is 0. The Hall–Kier alpha value is -3.72. The van der Waals surface area contributed by atoms with Crippen LogP contribution in [0.1, 0.15) is 51.1 Å². The number of fused-ring (bicyclic) bond motifs is 3. The lowest BCUT2D eigenvalue weighted by molar-refractivity contribution is 0.189. The molecule has 0 spiro atoms. The van der Waals surface area contributed by atoms with Crippen LogP contribution in [0.15, 0.2) is 42.9 Å². The predicted octanol–water partition coefficient (Wildman–Crippen LogP) is 4.95. The zero-order chi connectivity index (χ0) is 25.0. The number of aryl methyl sites for hydroxylation is 1. The molecule has 2 aliphatic rings. The molecule has 36 heavy (non-hydrogen) atoms. The smallest absolute Gasteiger partial charge is 0.331 e. The van der Waals surface area contributed by atoms with Crippen LogP contribution >= 0.6 is 0 Å². The normalized spacial score (nSPS) is 18.7. The Bertz CT molecular complexity index is 1470. The van der Waals surface area contributed by atoms with Gasteiger partial charge >= 0.3 is 6.03 Å². The van der Waals surface area contributed by atoms with Crippen molar-refractivity contribution < 1.29 is 9.53 Å². The predicted molar refractivity (Wildman–Crippen MR) is 138 cm³/mol. The van der Waals surface area contributed by atoms with Gasteiger partial charge in [-0.2, -0.15) is 5.10 Å². The highest BCUT2D eigenvalue weighted by molar-refractivity contribution is 5.98. The third-order valence-electron chi connectivity index (χ3n) is 7.63. The molecule has 5 heterocycles. The summed E-state index contributed by atoms with van der Waals surface area (Å²) in [6.45, 7) is 11.5. The lowest BCUT2D eigenvalue weighted by Gasteiger charge is -2.33. The van der Waals surface area contributed by atoms with Gasteiger partial charge in [-0.3, -0.25) is 19.5 Å². The zero-order valence-corrected chi connectivity index (χ0v) is 21.2. The number of hydrogen-bond acceptors (Lipinski definition) is 6. The molecule has 9 nitrogen and oxygen atoms in total. The summed E-state index contributed by atoms with van der Waals surface area (Å²) in [4.78, 5) is 24.4. The van der Waals surface area contributed by atoms with Crippen molar-refractivity contribution in [2.24, 2.45) is 0 Å². The standard InChI is InChI=1S/C27H31N7O2/c1-5-32-15-21-20(12-17(32)2)25(29-16-28-21)36-19-6-7-22-18(13-19)8-10-33(22)26(35)30-24-14-23-27(3,4)9-11-34(23)31-24/h6-8,10,13-14,16-17H,5,9,11-12,15H2,1-4H3,(H,30,31,35). The SMILES string of the molecule is CCN1Cc2ncnc(Oc3ccc4c(ccn4C(=O)Nc4cc5n(n4)CCC5(C)C)c3)c2CC1C. The third-order valence-corrected chi connectivity index (χ3v) is 7.63. The van der Waals surface area contributed by atoms with Crippen molar-refractivity contribution in [3.8, 4) is 11.6 Å². The Labute approximate surface area is 210 Å². The first kappa shape index (κ1) is 22.7. The minimum Gasteiger partial charge on any atom is -0.439 e. The monoisotopic (exact) mass is 485 g/mol. The van der Waals surface area contributed by atoms with E-state index in [1.54, 1.807) is 17.1 Å². The molecule has 0 bridgehead atoms. The van der Waals surface area contributed by atoms with Crippen LogP contribution in [0, 0.1) is 0 Å². The van der Waals surface area contributed by atoms with E-state index in [0.717, 1.165) is 60.3 Å². The van der Waals surface area contributed by atoms with Crippen LogP contribution in [0.3, 0.4) is 0 Å². The number of amides is 1. The van der Waals surface area contributed by atoms with E-state index < -0.39 is 0 Å². The van der Waals surface area contributed by atoms with E-state index in [0.29, 0.717) is 23.5 Å². The van der Waals surface area contributed by atoms with E-state index in [1.807, 2.05) is 35.0 Å². The first-order valence-electron chi connectivity index (χ1n) is 12.6. The molecule has 1 atom stereocenters. The molecule has 1 amide bonds. The number of nitrogens with one attached hydrogen (secondary N) is 1. The number of anilines is 1. The molecule has 0 saturated heterocycles. The van der Waals surface area contributed by atoms with Gasteiger partial charge in [0.05, 0.1) is 11.2 Å². The van der Waals surface area contributed by atoms with Gasteiger partial charge in [0, 0.05) is 53.5 Å². The van der Waals surface area contributed by atoms with Gasteiger partial charge in [-0.15, -0.1) is 0 Å². The molecule has 9 heteroatoms. The van der Waals surface area contributed by atoms with Crippen molar-refractivity contribution in [3.63, 3.8) is 0 Å². The summed E-state index contributed by atoms with van der Waals surface area (Å²) < 4.78 is 9.81. The van der Waals surface area contributed by atoms with E-state index in [-0.39, 0.29) is 11.4 Å². The summed E-state index contributed by atoms with van der Waals surface area (Å²) in [5, 5.41) is 8.42. The van der Waals surface area contributed by atoms with Crippen LogP contribution < -0.4 is 10.1 Å². The maximum Gasteiger partial charge on any atom is 0.331 e. The fraction of sp³-hybridized carbons (Fsp3) is 0.407. The van der Waals surface area contributed by atoms with Gasteiger partial charge in [0.15, 0.2) is 5.82 Å². The molecule has 3 aromatic heterocycles. The van der Waals surface area contributed by atoms with Crippen LogP contribution in [0.5, 0.6) is 11.6 Å². The molecule has 1 N–H and O–H groups in total. The second-order valence-electron chi connectivity index (χ2n) is 10.4. The average molecular weight is 486 g/mol. The van der Waals surface area contributed by atoms with E-state index in [4.69, 9.17) is 4.74 Å². The minimum absolute atomic E-state index is 0.0723. The fourth-order valence-electron chi connectivity index (χ4n) is 5.40. The highest BCUT2D eigenvalue weighted by Gasteiger charge is 2.32. The van der Waals surface area contributed by atoms with Gasteiger partial charge in [-0.1, -0.05) is 20.8 Å². The molecule has 4 aromatic rings. The van der Waals surface area contributed by atoms with E-state index in [1.165, 1.54) is 0 Å². The number of rotatable bonds is 4.